The minimum atomic E-state index is -0.589. The third-order valence-electron chi connectivity index (χ3n) is 5.89. The van der Waals surface area contributed by atoms with Crippen LogP contribution in [0.3, 0.4) is 0 Å². The zero-order valence-corrected chi connectivity index (χ0v) is 19.4. The van der Waals surface area contributed by atoms with Crippen LogP contribution in [0.5, 0.6) is 5.75 Å². The van der Waals surface area contributed by atoms with Crippen LogP contribution in [0.4, 0.5) is 4.39 Å². The maximum absolute atomic E-state index is 13.4. The van der Waals surface area contributed by atoms with Crippen LogP contribution in [-0.2, 0) is 9.59 Å². The monoisotopic (exact) mass is 475 g/mol. The van der Waals surface area contributed by atoms with Crippen molar-refractivity contribution in [1.82, 2.24) is 16.0 Å². The Balaban J connectivity index is 1.54. The van der Waals surface area contributed by atoms with Gasteiger partial charge in [0.1, 0.15) is 23.6 Å². The largest absolute Gasteiger partial charge is 0.484 e. The quantitative estimate of drug-likeness (QED) is 0.457. The summed E-state index contributed by atoms with van der Waals surface area (Å²) in [6, 6.07) is 18.7. The Labute approximate surface area is 202 Å². The summed E-state index contributed by atoms with van der Waals surface area (Å²) in [5, 5.41) is 8.09. The van der Waals surface area contributed by atoms with Gasteiger partial charge in [-0.15, -0.1) is 0 Å². The second kappa shape index (κ2) is 10.4. The predicted octanol–water partition coefficient (Wildman–Crippen LogP) is 3.32. The Bertz CT molecular complexity index is 1240. The van der Waals surface area contributed by atoms with Gasteiger partial charge in [0, 0.05) is 38.2 Å². The highest BCUT2D eigenvalue weighted by molar-refractivity contribution is 5.94. The number of hydrogen-bond acceptors (Lipinski definition) is 4. The van der Waals surface area contributed by atoms with Crippen LogP contribution in [0.1, 0.15) is 40.4 Å². The number of carbonyl (C=O) groups excluding carboxylic acids is 3. The van der Waals surface area contributed by atoms with Gasteiger partial charge in [0.15, 0.2) is 0 Å². The lowest BCUT2D eigenvalue weighted by atomic mass is 9.88. The molecule has 0 aliphatic carbocycles. The van der Waals surface area contributed by atoms with Crippen LogP contribution in [0.15, 0.2) is 66.7 Å². The summed E-state index contributed by atoms with van der Waals surface area (Å²) in [7, 11) is 1.58. The van der Waals surface area contributed by atoms with Gasteiger partial charge in [-0.1, -0.05) is 30.3 Å². The second-order valence-electron chi connectivity index (χ2n) is 8.25. The molecule has 1 aliphatic heterocycles. The molecule has 0 fully saturated rings. The molecule has 0 radical (unpaired) electrons. The first-order valence-electron chi connectivity index (χ1n) is 11.3. The Morgan fingerprint density at radius 2 is 1.54 bits per heavy atom. The number of fused-ring (bicyclic) bond motifs is 1. The van der Waals surface area contributed by atoms with Gasteiger partial charge in [-0.05, 0) is 53.1 Å². The van der Waals surface area contributed by atoms with Gasteiger partial charge in [0.2, 0.25) is 11.8 Å². The average molecular weight is 476 g/mol. The molecule has 2 atom stereocenters. The first kappa shape index (κ1) is 23.9. The van der Waals surface area contributed by atoms with Gasteiger partial charge in [-0.2, -0.15) is 0 Å². The molecule has 3 amide bonds. The summed E-state index contributed by atoms with van der Waals surface area (Å²) < 4.78 is 19.5. The number of nitrogens with one attached hydrogen (secondary N) is 3. The fraction of sp³-hybridized carbons (Fsp3) is 0.222. The molecule has 180 valence electrons. The van der Waals surface area contributed by atoms with Crippen LogP contribution < -0.4 is 20.7 Å². The highest BCUT2D eigenvalue weighted by Gasteiger charge is 2.40. The van der Waals surface area contributed by atoms with E-state index in [-0.39, 0.29) is 23.5 Å². The van der Waals surface area contributed by atoms with Crippen molar-refractivity contribution < 1.29 is 23.5 Å². The molecule has 0 bridgehead atoms. The van der Waals surface area contributed by atoms with E-state index in [0.717, 1.165) is 16.7 Å². The minimum absolute atomic E-state index is 0.147. The minimum Gasteiger partial charge on any atom is -0.484 e. The molecule has 2 unspecified atom stereocenters. The third-order valence-corrected chi connectivity index (χ3v) is 5.89. The summed E-state index contributed by atoms with van der Waals surface area (Å²) in [4.78, 5) is 36.0. The van der Waals surface area contributed by atoms with E-state index in [9.17, 15) is 18.8 Å². The molecule has 35 heavy (non-hydrogen) atoms. The number of halogens is 1. The zero-order valence-electron chi connectivity index (χ0n) is 19.4. The maximum atomic E-state index is 13.4. The third kappa shape index (κ3) is 5.32. The van der Waals surface area contributed by atoms with E-state index in [4.69, 9.17) is 4.74 Å². The normalized spacial score (nSPS) is 16.1. The van der Waals surface area contributed by atoms with Gasteiger partial charge in [0.25, 0.3) is 5.91 Å². The number of ether oxygens (including phenoxy) is 1. The smallest absolute Gasteiger partial charge is 0.251 e. The molecular formula is C27H26FN3O4. The van der Waals surface area contributed by atoms with E-state index in [1.54, 1.807) is 31.3 Å². The lowest BCUT2D eigenvalue weighted by Crippen LogP contribution is -2.33. The van der Waals surface area contributed by atoms with Gasteiger partial charge < -0.3 is 20.7 Å². The van der Waals surface area contributed by atoms with Crippen molar-refractivity contribution in [2.24, 2.45) is 0 Å². The molecule has 3 aromatic rings. The average Bonchev–Trinajstić information content (AvgIpc) is 3.25. The maximum Gasteiger partial charge on any atom is 0.251 e. The van der Waals surface area contributed by atoms with Crippen molar-refractivity contribution in [1.29, 1.82) is 0 Å². The molecule has 1 aliphatic rings. The predicted molar refractivity (Wildman–Crippen MR) is 129 cm³/mol. The Kier molecular flexibility index (Phi) is 7.10. The molecule has 3 N–H and O–H groups in total. The molecule has 7 nitrogen and oxygen atoms in total. The molecule has 4 rings (SSSR count). The van der Waals surface area contributed by atoms with Gasteiger partial charge >= 0.3 is 0 Å². The van der Waals surface area contributed by atoms with Crippen molar-refractivity contribution in [3.8, 4) is 16.9 Å². The molecule has 0 saturated carbocycles. The molecule has 0 spiro atoms. The zero-order chi connectivity index (χ0) is 24.9. The number of likely N-dealkylation sites (N-methyl/N-ethyl adjacent to an activating group) is 1. The van der Waals surface area contributed by atoms with Crippen molar-refractivity contribution in [3.63, 3.8) is 0 Å². The Morgan fingerprint density at radius 3 is 2.20 bits per heavy atom. The summed E-state index contributed by atoms with van der Waals surface area (Å²) in [5.41, 5.74) is 3.71. The fourth-order valence-electron chi connectivity index (χ4n) is 4.12. The highest BCUT2D eigenvalue weighted by Crippen LogP contribution is 2.47. The van der Waals surface area contributed by atoms with E-state index in [0.29, 0.717) is 30.0 Å². The van der Waals surface area contributed by atoms with E-state index >= 15 is 0 Å². The first-order chi connectivity index (χ1) is 16.9. The van der Waals surface area contributed by atoms with Gasteiger partial charge in [-0.3, -0.25) is 14.4 Å². The summed E-state index contributed by atoms with van der Waals surface area (Å²) in [6.07, 6.45) is -0.565. The van der Waals surface area contributed by atoms with E-state index in [2.05, 4.69) is 16.0 Å². The second-order valence-corrected chi connectivity index (χ2v) is 8.25. The lowest BCUT2D eigenvalue weighted by Gasteiger charge is -2.18. The molecular weight excluding hydrogens is 449 g/mol. The van der Waals surface area contributed by atoms with Crippen molar-refractivity contribution in [2.45, 2.75) is 18.9 Å². The fourth-order valence-corrected chi connectivity index (χ4v) is 4.12. The summed E-state index contributed by atoms with van der Waals surface area (Å²) >= 11 is 0. The van der Waals surface area contributed by atoms with E-state index < -0.39 is 12.0 Å². The lowest BCUT2D eigenvalue weighted by molar-refractivity contribution is -0.123. The van der Waals surface area contributed by atoms with Gasteiger partial charge in [0.05, 0.1) is 0 Å². The summed E-state index contributed by atoms with van der Waals surface area (Å²) in [6.45, 7) is 2.12. The number of amides is 3. The highest BCUT2D eigenvalue weighted by atomic mass is 19.1. The van der Waals surface area contributed by atoms with Crippen LogP contribution in [-0.4, -0.2) is 37.9 Å². The van der Waals surface area contributed by atoms with Crippen molar-refractivity contribution in [2.75, 3.05) is 20.1 Å². The molecule has 3 aromatic carbocycles. The van der Waals surface area contributed by atoms with Gasteiger partial charge in [-0.25, -0.2) is 4.39 Å². The topological polar surface area (TPSA) is 96.5 Å². The number of hydrogen-bond donors (Lipinski definition) is 3. The molecule has 0 aromatic heterocycles. The SMILES string of the molecule is CNC(=O)C1c2cc(-c3ccc(C(=O)NCCNC(C)=O)cc3)ccc2OC1c1ccc(F)cc1. The number of rotatable bonds is 7. The Morgan fingerprint density at radius 1 is 0.886 bits per heavy atom. The van der Waals surface area contributed by atoms with E-state index in [1.807, 2.05) is 30.3 Å². The van der Waals surface area contributed by atoms with Crippen LogP contribution in [0, 0.1) is 5.82 Å². The van der Waals surface area contributed by atoms with Crippen LogP contribution >= 0.6 is 0 Å². The number of carbonyl (C=O) groups is 3. The molecule has 8 heteroatoms. The van der Waals surface area contributed by atoms with E-state index in [1.165, 1.54) is 19.1 Å². The molecule has 1 heterocycles. The van der Waals surface area contributed by atoms with Crippen molar-refractivity contribution in [3.05, 3.63) is 89.2 Å². The first-order valence-corrected chi connectivity index (χ1v) is 11.3. The summed E-state index contributed by atoms with van der Waals surface area (Å²) in [5.74, 6) is -0.910. The Hall–Kier alpha value is -4.20. The van der Waals surface area contributed by atoms with Crippen LogP contribution in [0.25, 0.3) is 11.1 Å². The van der Waals surface area contributed by atoms with Crippen molar-refractivity contribution >= 4 is 17.7 Å². The molecule has 0 saturated heterocycles. The van der Waals surface area contributed by atoms with Crippen LogP contribution in [0.2, 0.25) is 0 Å². The standard InChI is InChI=1S/C27H26FN3O4/c1-16(32)30-13-14-31-26(33)19-5-3-17(4-6-19)20-9-12-23-22(15-20)24(27(34)29-2)25(35-23)18-7-10-21(28)11-8-18/h3-12,15,24-25H,13-14H2,1-2H3,(H,29,34)(H,30,32)(H,31,33). The number of benzene rings is 3.